The summed E-state index contributed by atoms with van der Waals surface area (Å²) in [6.07, 6.45) is 18.2. The molecule has 0 saturated heterocycles. The number of hydrogen-bond acceptors (Lipinski definition) is 3. The van der Waals surface area contributed by atoms with Crippen LogP contribution in [0.4, 0.5) is 5.69 Å². The van der Waals surface area contributed by atoms with E-state index in [1.807, 2.05) is 12.4 Å². The Kier molecular flexibility index (Phi) is 10.5. The quantitative estimate of drug-likeness (QED) is 0.364. The van der Waals surface area contributed by atoms with Crippen molar-refractivity contribution in [1.29, 1.82) is 0 Å². The van der Waals surface area contributed by atoms with Crippen molar-refractivity contribution in [1.82, 2.24) is 9.97 Å². The number of unbranched alkanes of at least 4 members (excludes halogenated alkanes) is 8. The highest BCUT2D eigenvalue weighted by molar-refractivity contribution is 5.59. The van der Waals surface area contributed by atoms with Gasteiger partial charge in [0.1, 0.15) is 0 Å². The number of benzene rings is 1. The lowest BCUT2D eigenvalue weighted by Gasteiger charge is -2.07. The number of aryl methyl sites for hydroxylation is 1. The van der Waals surface area contributed by atoms with Crippen molar-refractivity contribution in [3.63, 3.8) is 0 Å². The summed E-state index contributed by atoms with van der Waals surface area (Å²) in [5, 5.41) is 3.51. The molecular formula is C24H37N3. The second-order valence-electron chi connectivity index (χ2n) is 7.50. The van der Waals surface area contributed by atoms with Crippen LogP contribution in [0.2, 0.25) is 0 Å². The van der Waals surface area contributed by atoms with Gasteiger partial charge in [-0.05, 0) is 49.1 Å². The third kappa shape index (κ3) is 8.55. The summed E-state index contributed by atoms with van der Waals surface area (Å²) >= 11 is 0. The van der Waals surface area contributed by atoms with Crippen LogP contribution in [-0.2, 0) is 6.42 Å². The zero-order valence-electron chi connectivity index (χ0n) is 17.3. The smallest absolute Gasteiger partial charge is 0.159 e. The molecule has 0 atom stereocenters. The maximum atomic E-state index is 4.57. The van der Waals surface area contributed by atoms with Crippen LogP contribution in [0.1, 0.15) is 83.6 Å². The first kappa shape index (κ1) is 21.4. The Labute approximate surface area is 166 Å². The molecule has 1 aromatic carbocycles. The maximum absolute atomic E-state index is 4.57. The molecule has 0 saturated carbocycles. The van der Waals surface area contributed by atoms with Gasteiger partial charge in [-0.15, -0.1) is 0 Å². The zero-order valence-corrected chi connectivity index (χ0v) is 17.3. The predicted octanol–water partition coefficient (Wildman–Crippen LogP) is 7.04. The standard InChI is InChI=1S/C24H37N3/c1-3-5-7-9-11-13-21-19-26-24(27-20-21)22-14-16-23(17-15-22)25-18-12-10-8-6-4-2/h14-17,19-20,25H,3-13,18H2,1-2H3. The van der Waals surface area contributed by atoms with E-state index in [-0.39, 0.29) is 0 Å². The van der Waals surface area contributed by atoms with Crippen molar-refractivity contribution >= 4 is 5.69 Å². The first-order valence-electron chi connectivity index (χ1n) is 11.0. The van der Waals surface area contributed by atoms with E-state index in [0.29, 0.717) is 0 Å². The van der Waals surface area contributed by atoms with Gasteiger partial charge in [-0.1, -0.05) is 65.2 Å². The fraction of sp³-hybridized carbons (Fsp3) is 0.583. The summed E-state index contributed by atoms with van der Waals surface area (Å²) in [4.78, 5) is 9.13. The van der Waals surface area contributed by atoms with Crippen LogP contribution in [0.15, 0.2) is 36.7 Å². The molecule has 0 aliphatic carbocycles. The topological polar surface area (TPSA) is 37.8 Å². The molecule has 1 aromatic heterocycles. The summed E-state index contributed by atoms with van der Waals surface area (Å²) in [6.45, 7) is 5.56. The van der Waals surface area contributed by atoms with E-state index in [1.54, 1.807) is 0 Å². The van der Waals surface area contributed by atoms with E-state index >= 15 is 0 Å². The number of aromatic nitrogens is 2. The van der Waals surface area contributed by atoms with Crippen molar-refractivity contribution < 1.29 is 0 Å². The molecule has 0 unspecified atom stereocenters. The molecule has 2 rings (SSSR count). The fourth-order valence-corrected chi connectivity index (χ4v) is 3.26. The summed E-state index contributed by atoms with van der Waals surface area (Å²) < 4.78 is 0. The SMILES string of the molecule is CCCCCCCNc1ccc(-c2ncc(CCCCCCC)cn2)cc1. The van der Waals surface area contributed by atoms with Gasteiger partial charge in [-0.2, -0.15) is 0 Å². The molecule has 0 aliphatic rings. The molecule has 27 heavy (non-hydrogen) atoms. The van der Waals surface area contributed by atoms with Gasteiger partial charge in [0.15, 0.2) is 5.82 Å². The lowest BCUT2D eigenvalue weighted by Crippen LogP contribution is -2.01. The summed E-state index contributed by atoms with van der Waals surface area (Å²) in [5.74, 6) is 0.816. The third-order valence-electron chi connectivity index (χ3n) is 5.03. The van der Waals surface area contributed by atoms with Crippen LogP contribution in [0.5, 0.6) is 0 Å². The van der Waals surface area contributed by atoms with Crippen molar-refractivity contribution in [3.8, 4) is 11.4 Å². The monoisotopic (exact) mass is 367 g/mol. The fourth-order valence-electron chi connectivity index (χ4n) is 3.26. The van der Waals surface area contributed by atoms with Gasteiger partial charge < -0.3 is 5.32 Å². The number of nitrogens with one attached hydrogen (secondary N) is 1. The predicted molar refractivity (Wildman–Crippen MR) is 117 cm³/mol. The highest BCUT2D eigenvalue weighted by atomic mass is 14.9. The average molecular weight is 368 g/mol. The Balaban J connectivity index is 1.74. The summed E-state index contributed by atoms with van der Waals surface area (Å²) in [6, 6.07) is 8.48. The average Bonchev–Trinajstić information content (AvgIpc) is 2.71. The summed E-state index contributed by atoms with van der Waals surface area (Å²) in [5.41, 5.74) is 3.51. The van der Waals surface area contributed by atoms with Gasteiger partial charge in [-0.3, -0.25) is 0 Å². The van der Waals surface area contributed by atoms with E-state index in [2.05, 4.69) is 53.4 Å². The molecule has 148 valence electrons. The highest BCUT2D eigenvalue weighted by Crippen LogP contribution is 2.18. The Bertz CT molecular complexity index is 605. The molecule has 2 aromatic rings. The van der Waals surface area contributed by atoms with Gasteiger partial charge >= 0.3 is 0 Å². The molecule has 0 radical (unpaired) electrons. The van der Waals surface area contributed by atoms with Crippen molar-refractivity contribution in [2.45, 2.75) is 84.5 Å². The minimum atomic E-state index is 0.816. The number of rotatable bonds is 14. The van der Waals surface area contributed by atoms with E-state index < -0.39 is 0 Å². The second kappa shape index (κ2) is 13.3. The van der Waals surface area contributed by atoms with Gasteiger partial charge in [0.05, 0.1) is 0 Å². The first-order valence-corrected chi connectivity index (χ1v) is 11.0. The molecule has 3 nitrogen and oxygen atoms in total. The summed E-state index contributed by atoms with van der Waals surface area (Å²) in [7, 11) is 0. The second-order valence-corrected chi connectivity index (χ2v) is 7.50. The molecule has 0 bridgehead atoms. The van der Waals surface area contributed by atoms with Crippen molar-refractivity contribution in [2.24, 2.45) is 0 Å². The largest absolute Gasteiger partial charge is 0.385 e. The van der Waals surface area contributed by atoms with Crippen molar-refractivity contribution in [3.05, 3.63) is 42.2 Å². The van der Waals surface area contributed by atoms with Gasteiger partial charge in [0.2, 0.25) is 0 Å². The Hall–Kier alpha value is -1.90. The minimum Gasteiger partial charge on any atom is -0.385 e. The van der Waals surface area contributed by atoms with Crippen LogP contribution < -0.4 is 5.32 Å². The molecule has 1 N–H and O–H groups in total. The van der Waals surface area contributed by atoms with Crippen LogP contribution in [0, 0.1) is 0 Å². The lowest BCUT2D eigenvalue weighted by molar-refractivity contribution is 0.631. The van der Waals surface area contributed by atoms with Gasteiger partial charge in [0, 0.05) is 30.2 Å². The minimum absolute atomic E-state index is 0.816. The normalized spacial score (nSPS) is 10.9. The first-order chi connectivity index (χ1) is 13.3. The van der Waals surface area contributed by atoms with Gasteiger partial charge in [-0.25, -0.2) is 9.97 Å². The number of anilines is 1. The van der Waals surface area contributed by atoms with E-state index in [0.717, 1.165) is 24.4 Å². The molecule has 0 amide bonds. The highest BCUT2D eigenvalue weighted by Gasteiger charge is 2.02. The number of nitrogens with zero attached hydrogens (tertiary/aromatic N) is 2. The van der Waals surface area contributed by atoms with Gasteiger partial charge in [0.25, 0.3) is 0 Å². The van der Waals surface area contributed by atoms with Crippen LogP contribution in [0.3, 0.4) is 0 Å². The lowest BCUT2D eigenvalue weighted by atomic mass is 10.1. The molecule has 1 heterocycles. The Morgan fingerprint density at radius 3 is 1.93 bits per heavy atom. The van der Waals surface area contributed by atoms with Crippen molar-refractivity contribution in [2.75, 3.05) is 11.9 Å². The van der Waals surface area contributed by atoms with E-state index in [1.165, 1.54) is 75.5 Å². The molecular weight excluding hydrogens is 330 g/mol. The third-order valence-corrected chi connectivity index (χ3v) is 5.03. The van der Waals surface area contributed by atoms with Crippen LogP contribution >= 0.6 is 0 Å². The van der Waals surface area contributed by atoms with E-state index in [9.17, 15) is 0 Å². The maximum Gasteiger partial charge on any atom is 0.159 e. The number of hydrogen-bond donors (Lipinski definition) is 1. The Morgan fingerprint density at radius 2 is 1.30 bits per heavy atom. The van der Waals surface area contributed by atoms with Crippen LogP contribution in [0.25, 0.3) is 11.4 Å². The molecule has 3 heteroatoms. The van der Waals surface area contributed by atoms with E-state index in [4.69, 9.17) is 0 Å². The molecule has 0 aliphatic heterocycles. The zero-order chi connectivity index (χ0) is 19.2. The Morgan fingerprint density at radius 1 is 0.704 bits per heavy atom. The molecule has 0 fully saturated rings. The molecule has 0 spiro atoms. The van der Waals surface area contributed by atoms with Crippen LogP contribution in [-0.4, -0.2) is 16.5 Å².